The Morgan fingerprint density at radius 3 is 2.65 bits per heavy atom. The molecule has 1 aliphatic heterocycles. The lowest BCUT2D eigenvalue weighted by Crippen LogP contribution is -2.59. The molecule has 1 N–H and O–H groups in total. The number of urea groups is 1. The molecular formula is C13H25N2O4S+. The molecule has 1 aliphatic rings. The molecule has 6 nitrogen and oxygen atoms in total. The van der Waals surface area contributed by atoms with Crippen molar-refractivity contribution in [3.8, 4) is 0 Å². The van der Waals surface area contributed by atoms with E-state index in [9.17, 15) is 13.8 Å². The van der Waals surface area contributed by atoms with E-state index in [1.807, 2.05) is 20.9 Å². The van der Waals surface area contributed by atoms with E-state index >= 15 is 0 Å². The summed E-state index contributed by atoms with van der Waals surface area (Å²) in [6.45, 7) is 5.16. The van der Waals surface area contributed by atoms with Gasteiger partial charge in [0.1, 0.15) is 0 Å². The smallest absolute Gasteiger partial charge is 0.425 e. The van der Waals surface area contributed by atoms with Crippen LogP contribution < -0.4 is 5.32 Å². The number of amides is 3. The summed E-state index contributed by atoms with van der Waals surface area (Å²) in [5.41, 5.74) is 0. The van der Waals surface area contributed by atoms with E-state index in [1.54, 1.807) is 0 Å². The number of methoxy groups -OCH3 is 1. The number of carbonyl (C=O) groups excluding carboxylic acids is 2. The van der Waals surface area contributed by atoms with Gasteiger partial charge in [-0.1, -0.05) is 13.8 Å². The molecule has 1 heterocycles. The Morgan fingerprint density at radius 2 is 2.10 bits per heavy atom. The zero-order valence-corrected chi connectivity index (χ0v) is 13.5. The van der Waals surface area contributed by atoms with Crippen LogP contribution in [0.4, 0.5) is 9.59 Å². The van der Waals surface area contributed by atoms with Crippen LogP contribution in [0.1, 0.15) is 26.7 Å². The first-order chi connectivity index (χ1) is 9.32. The first-order valence-electron chi connectivity index (χ1n) is 6.93. The summed E-state index contributed by atoms with van der Waals surface area (Å²) in [4.78, 5) is 23.5. The largest absolute Gasteiger partial charge is 0.452 e. The minimum Gasteiger partial charge on any atom is -0.452 e. The lowest BCUT2D eigenvalue weighted by atomic mass is 10.1. The van der Waals surface area contributed by atoms with E-state index < -0.39 is 16.9 Å². The Balaban J connectivity index is 2.86. The second kappa shape index (κ2) is 7.17. The molecule has 0 spiro atoms. The minimum absolute atomic E-state index is 0.0766. The van der Waals surface area contributed by atoms with Crippen LogP contribution in [0.5, 0.6) is 0 Å². The fourth-order valence-electron chi connectivity index (χ4n) is 2.41. The Kier molecular flexibility index (Phi) is 6.13. The number of carbonyl (C=O) groups is 2. The number of hydrogen-bond donors (Lipinski definition) is 1. The number of hydrogen-bond acceptors (Lipinski definition) is 4. The van der Waals surface area contributed by atoms with Crippen LogP contribution in [0.15, 0.2) is 0 Å². The van der Waals surface area contributed by atoms with Crippen molar-refractivity contribution in [1.29, 1.82) is 0 Å². The van der Waals surface area contributed by atoms with E-state index in [0.29, 0.717) is 25.3 Å². The van der Waals surface area contributed by atoms with Gasteiger partial charge < -0.3 is 4.74 Å². The molecule has 116 valence electrons. The summed E-state index contributed by atoms with van der Waals surface area (Å²) in [5.74, 6) is 0.837. The predicted molar refractivity (Wildman–Crippen MR) is 77.7 cm³/mol. The number of rotatable bonds is 1. The minimum atomic E-state index is -0.835. The monoisotopic (exact) mass is 305 g/mol. The number of ether oxygens (including phenoxy) is 1. The van der Waals surface area contributed by atoms with E-state index in [-0.39, 0.29) is 21.7 Å². The topological polar surface area (TPSA) is 72.5 Å². The number of alkyl carbamates (subject to hydrolysis) is 1. The predicted octanol–water partition coefficient (Wildman–Crippen LogP) is 1.48. The highest BCUT2D eigenvalue weighted by Crippen LogP contribution is 2.21. The number of nitrogens with zero attached hydrogens (tertiary/aromatic N) is 1. The van der Waals surface area contributed by atoms with E-state index in [0.717, 1.165) is 6.42 Å². The van der Waals surface area contributed by atoms with Gasteiger partial charge in [0.25, 0.3) is 0 Å². The molecule has 1 fully saturated rings. The Hall–Kier alpha value is -0.950. The molecule has 0 aromatic rings. The van der Waals surface area contributed by atoms with Gasteiger partial charge in [-0.2, -0.15) is 0 Å². The number of quaternary nitrogens is 1. The average Bonchev–Trinajstić information content (AvgIpc) is 2.42. The van der Waals surface area contributed by atoms with Crippen LogP contribution >= 0.6 is 0 Å². The van der Waals surface area contributed by atoms with Crippen molar-refractivity contribution in [3.05, 3.63) is 0 Å². The number of imide groups is 1. The van der Waals surface area contributed by atoms with E-state index in [1.165, 1.54) is 7.11 Å². The Morgan fingerprint density at radius 1 is 1.45 bits per heavy atom. The second-order valence-corrected chi connectivity index (χ2v) is 7.54. The molecule has 1 rings (SSSR count). The summed E-state index contributed by atoms with van der Waals surface area (Å²) in [5, 5.41) is 2.33. The Bertz CT molecular complexity index is 402. The standard InChI is InChI=1S/C13H24N2O4S/c1-5-11-8-15(3,12(16)14-13(17)19-4)7-6-10(2)20(18)9-11/h10-11H,5-9H2,1-4H3/p+1/t10-,11+,15?,20?/m1/s1. The van der Waals surface area contributed by atoms with Crippen molar-refractivity contribution in [1.82, 2.24) is 5.32 Å². The summed E-state index contributed by atoms with van der Waals surface area (Å²) >= 11 is 0. The van der Waals surface area contributed by atoms with Crippen LogP contribution in [-0.2, 0) is 15.5 Å². The molecule has 1 saturated heterocycles. The highest BCUT2D eigenvalue weighted by atomic mass is 32.2. The molecule has 0 radical (unpaired) electrons. The van der Waals surface area contributed by atoms with Gasteiger partial charge in [0.2, 0.25) is 0 Å². The highest BCUT2D eigenvalue weighted by molar-refractivity contribution is 7.85. The molecule has 0 aromatic heterocycles. The molecule has 7 heteroatoms. The number of nitrogens with one attached hydrogen (secondary N) is 1. The third-order valence-electron chi connectivity index (χ3n) is 4.00. The van der Waals surface area contributed by atoms with Gasteiger partial charge >= 0.3 is 12.1 Å². The van der Waals surface area contributed by atoms with Crippen molar-refractivity contribution < 1.29 is 23.0 Å². The maximum absolute atomic E-state index is 12.3. The van der Waals surface area contributed by atoms with Gasteiger partial charge in [0, 0.05) is 34.1 Å². The molecule has 0 bridgehead atoms. The molecule has 0 aromatic carbocycles. The first-order valence-corrected chi connectivity index (χ1v) is 8.31. The molecule has 0 aliphatic carbocycles. The van der Waals surface area contributed by atoms with Crippen molar-refractivity contribution in [2.24, 2.45) is 5.92 Å². The fraction of sp³-hybridized carbons (Fsp3) is 0.846. The SMILES string of the molecule is CC[C@@H]1CS(=O)[C@H](C)CC[N+](C)(C(=O)NC(=O)OC)C1. The van der Waals surface area contributed by atoms with E-state index in [2.05, 4.69) is 10.1 Å². The zero-order chi connectivity index (χ0) is 15.3. The molecule has 3 amide bonds. The van der Waals surface area contributed by atoms with Gasteiger partial charge in [-0.25, -0.2) is 19.4 Å². The highest BCUT2D eigenvalue weighted by Gasteiger charge is 2.38. The molecule has 4 atom stereocenters. The van der Waals surface area contributed by atoms with Crippen molar-refractivity contribution in [3.63, 3.8) is 0 Å². The van der Waals surface area contributed by atoms with Crippen molar-refractivity contribution in [2.45, 2.75) is 31.9 Å². The van der Waals surface area contributed by atoms with Crippen molar-refractivity contribution in [2.75, 3.05) is 33.0 Å². The van der Waals surface area contributed by atoms with E-state index in [4.69, 9.17) is 0 Å². The van der Waals surface area contributed by atoms with Gasteiger partial charge in [-0.3, -0.25) is 4.21 Å². The maximum Gasteiger partial charge on any atom is 0.425 e. The summed E-state index contributed by atoms with van der Waals surface area (Å²) in [6, 6.07) is -0.352. The summed E-state index contributed by atoms with van der Waals surface area (Å²) < 4.78 is 16.7. The molecule has 0 saturated carbocycles. The third-order valence-corrected chi connectivity index (χ3v) is 5.93. The summed E-state index contributed by atoms with van der Waals surface area (Å²) in [7, 11) is 2.22. The first kappa shape index (κ1) is 17.1. The normalized spacial score (nSPS) is 34.7. The van der Waals surface area contributed by atoms with Gasteiger partial charge in [0.15, 0.2) is 0 Å². The van der Waals surface area contributed by atoms with Crippen LogP contribution in [0.2, 0.25) is 0 Å². The van der Waals surface area contributed by atoms with Crippen molar-refractivity contribution >= 4 is 22.9 Å². The molecule has 20 heavy (non-hydrogen) atoms. The van der Waals surface area contributed by atoms with Gasteiger partial charge in [-0.15, -0.1) is 0 Å². The van der Waals surface area contributed by atoms with Crippen LogP contribution in [0.25, 0.3) is 0 Å². The lowest BCUT2D eigenvalue weighted by Gasteiger charge is -2.36. The second-order valence-electron chi connectivity index (χ2n) is 5.64. The summed E-state index contributed by atoms with van der Waals surface area (Å²) in [6.07, 6.45) is 0.840. The average molecular weight is 305 g/mol. The van der Waals surface area contributed by atoms with Crippen LogP contribution in [-0.4, -0.2) is 59.1 Å². The van der Waals surface area contributed by atoms with Gasteiger partial charge in [-0.05, 0) is 6.42 Å². The van der Waals surface area contributed by atoms with Gasteiger partial charge in [0.05, 0.1) is 27.2 Å². The molecule has 2 unspecified atom stereocenters. The van der Waals surface area contributed by atoms with Crippen LogP contribution in [0, 0.1) is 5.92 Å². The maximum atomic E-state index is 12.3. The molecular weight excluding hydrogens is 280 g/mol. The quantitative estimate of drug-likeness (QED) is 0.745. The zero-order valence-electron chi connectivity index (χ0n) is 12.7. The Labute approximate surface area is 122 Å². The fourth-order valence-corrected chi connectivity index (χ4v) is 3.92. The lowest BCUT2D eigenvalue weighted by molar-refractivity contribution is -0.834. The van der Waals surface area contributed by atoms with Crippen LogP contribution in [0.3, 0.4) is 0 Å². The third kappa shape index (κ3) is 4.28.